The van der Waals surface area contributed by atoms with Gasteiger partial charge in [-0.3, -0.25) is 14.9 Å². The zero-order valence-electron chi connectivity index (χ0n) is 15.5. The highest BCUT2D eigenvalue weighted by atomic mass is 32.2. The van der Waals surface area contributed by atoms with Crippen molar-refractivity contribution in [1.82, 2.24) is 5.32 Å². The minimum absolute atomic E-state index is 0.0343. The number of nitro groups is 1. The molecule has 0 aliphatic carbocycles. The fourth-order valence-electron chi connectivity index (χ4n) is 2.57. The first kappa shape index (κ1) is 19.4. The number of hydrogen-bond donors (Lipinski definition) is 1. The second-order valence-electron chi connectivity index (χ2n) is 6.07. The van der Waals surface area contributed by atoms with Crippen LogP contribution in [0.5, 0.6) is 5.75 Å². The summed E-state index contributed by atoms with van der Waals surface area (Å²) in [5.41, 5.74) is 2.00. The van der Waals surface area contributed by atoms with Crippen LogP contribution in [-0.2, 0) is 4.79 Å². The SMILES string of the molecule is COc1ccc(N=C2NC(=O)/C(=C/c3cc([N+](=O)[O-])ccc3N(C)C)S2)cc1. The standard InChI is InChI=1S/C19H18N4O4S/c1-22(2)16-9-6-14(23(25)26)10-12(16)11-17-18(24)21-19(28-17)20-13-4-7-15(27-3)8-5-13/h4-11H,1-3H3,(H,20,21,24)/b17-11-. The second-order valence-corrected chi connectivity index (χ2v) is 7.11. The number of nitro benzene ring substituents is 1. The number of ether oxygens (including phenoxy) is 1. The highest BCUT2D eigenvalue weighted by Crippen LogP contribution is 2.32. The van der Waals surface area contributed by atoms with Crippen LogP contribution in [0.25, 0.3) is 6.08 Å². The molecule has 1 amide bonds. The maximum Gasteiger partial charge on any atom is 0.270 e. The molecule has 1 aliphatic heterocycles. The zero-order valence-corrected chi connectivity index (χ0v) is 16.3. The fourth-order valence-corrected chi connectivity index (χ4v) is 3.41. The van der Waals surface area contributed by atoms with Gasteiger partial charge in [0.25, 0.3) is 11.6 Å². The van der Waals surface area contributed by atoms with E-state index >= 15 is 0 Å². The summed E-state index contributed by atoms with van der Waals surface area (Å²) in [5.74, 6) is 0.419. The van der Waals surface area contributed by atoms with Gasteiger partial charge in [0.15, 0.2) is 5.17 Å². The van der Waals surface area contributed by atoms with Crippen LogP contribution in [0.2, 0.25) is 0 Å². The van der Waals surface area contributed by atoms with E-state index in [9.17, 15) is 14.9 Å². The molecule has 144 valence electrons. The highest BCUT2D eigenvalue weighted by molar-refractivity contribution is 8.18. The van der Waals surface area contributed by atoms with Crippen LogP contribution in [0.15, 0.2) is 52.4 Å². The molecule has 0 atom stereocenters. The van der Waals surface area contributed by atoms with Crippen molar-refractivity contribution < 1.29 is 14.5 Å². The van der Waals surface area contributed by atoms with Crippen molar-refractivity contribution in [1.29, 1.82) is 0 Å². The van der Waals surface area contributed by atoms with Gasteiger partial charge in [0.2, 0.25) is 0 Å². The third kappa shape index (κ3) is 4.32. The first-order valence-electron chi connectivity index (χ1n) is 8.27. The monoisotopic (exact) mass is 398 g/mol. The number of amides is 1. The van der Waals surface area contributed by atoms with Crippen molar-refractivity contribution in [3.63, 3.8) is 0 Å². The van der Waals surface area contributed by atoms with Crippen molar-refractivity contribution in [2.24, 2.45) is 4.99 Å². The Bertz CT molecular complexity index is 984. The van der Waals surface area contributed by atoms with Crippen LogP contribution in [0.3, 0.4) is 0 Å². The minimum atomic E-state index is -0.458. The van der Waals surface area contributed by atoms with Crippen LogP contribution in [0.1, 0.15) is 5.56 Å². The minimum Gasteiger partial charge on any atom is -0.497 e. The Kier molecular flexibility index (Phi) is 5.65. The molecule has 1 saturated heterocycles. The van der Waals surface area contributed by atoms with Crippen molar-refractivity contribution in [2.45, 2.75) is 0 Å². The topological polar surface area (TPSA) is 97.1 Å². The first-order valence-corrected chi connectivity index (χ1v) is 9.08. The predicted octanol–water partition coefficient (Wildman–Crippen LogP) is 3.56. The number of rotatable bonds is 5. The van der Waals surface area contributed by atoms with Crippen LogP contribution in [0, 0.1) is 10.1 Å². The highest BCUT2D eigenvalue weighted by Gasteiger charge is 2.24. The average molecular weight is 398 g/mol. The van der Waals surface area contributed by atoms with E-state index in [0.29, 0.717) is 21.3 Å². The van der Waals surface area contributed by atoms with E-state index < -0.39 is 4.92 Å². The van der Waals surface area contributed by atoms with Gasteiger partial charge in [-0.05, 0) is 48.2 Å². The molecule has 2 aromatic carbocycles. The lowest BCUT2D eigenvalue weighted by atomic mass is 10.1. The number of methoxy groups -OCH3 is 1. The predicted molar refractivity (Wildman–Crippen MR) is 111 cm³/mol. The van der Waals surface area contributed by atoms with Crippen LogP contribution in [-0.4, -0.2) is 37.2 Å². The molecule has 28 heavy (non-hydrogen) atoms. The number of thioether (sulfide) groups is 1. The Morgan fingerprint density at radius 1 is 1.21 bits per heavy atom. The molecule has 1 aliphatic rings. The van der Waals surface area contributed by atoms with Gasteiger partial charge in [-0.25, -0.2) is 4.99 Å². The number of nitrogens with one attached hydrogen (secondary N) is 1. The van der Waals surface area contributed by atoms with E-state index in [-0.39, 0.29) is 11.6 Å². The van der Waals surface area contributed by atoms with Crippen LogP contribution < -0.4 is 15.0 Å². The number of hydrogen-bond acceptors (Lipinski definition) is 7. The summed E-state index contributed by atoms with van der Waals surface area (Å²) in [4.78, 5) is 29.6. The second kappa shape index (κ2) is 8.13. The average Bonchev–Trinajstić information content (AvgIpc) is 3.01. The molecule has 1 N–H and O–H groups in total. The van der Waals surface area contributed by atoms with Crippen molar-refractivity contribution in [2.75, 3.05) is 26.1 Å². The molecular formula is C19H18N4O4S. The summed E-state index contributed by atoms with van der Waals surface area (Å²) < 4.78 is 5.11. The molecule has 1 heterocycles. The lowest BCUT2D eigenvalue weighted by molar-refractivity contribution is -0.384. The number of benzene rings is 2. The Hall–Kier alpha value is -3.33. The third-order valence-corrected chi connectivity index (χ3v) is 4.85. The molecule has 9 heteroatoms. The molecule has 0 unspecified atom stereocenters. The largest absolute Gasteiger partial charge is 0.497 e. The van der Waals surface area contributed by atoms with Gasteiger partial charge in [0, 0.05) is 37.5 Å². The van der Waals surface area contributed by atoms with Gasteiger partial charge in [-0.2, -0.15) is 0 Å². The van der Waals surface area contributed by atoms with Gasteiger partial charge in [-0.15, -0.1) is 0 Å². The summed E-state index contributed by atoms with van der Waals surface area (Å²) in [6.45, 7) is 0. The first-order chi connectivity index (χ1) is 13.4. The van der Waals surface area contributed by atoms with Gasteiger partial charge >= 0.3 is 0 Å². The third-order valence-electron chi connectivity index (χ3n) is 3.94. The van der Waals surface area contributed by atoms with Crippen LogP contribution >= 0.6 is 11.8 Å². The Labute approximate surface area is 166 Å². The van der Waals surface area contributed by atoms with Crippen molar-refractivity contribution >= 4 is 46.0 Å². The van der Waals surface area contributed by atoms with Crippen molar-refractivity contribution in [3.8, 4) is 5.75 Å². The van der Waals surface area contributed by atoms with Gasteiger partial charge in [0.05, 0.1) is 22.6 Å². The molecule has 3 rings (SSSR count). The molecule has 1 fully saturated rings. The molecule has 0 aromatic heterocycles. The van der Waals surface area contributed by atoms with Crippen LogP contribution in [0.4, 0.5) is 17.1 Å². The van der Waals surface area contributed by atoms with E-state index in [1.165, 1.54) is 23.9 Å². The number of carbonyl (C=O) groups excluding carboxylic acids is 1. The molecule has 0 saturated carbocycles. The molecular weight excluding hydrogens is 380 g/mol. The number of anilines is 1. The number of aliphatic imine (C=N–C) groups is 1. The normalized spacial score (nSPS) is 16.3. The Morgan fingerprint density at radius 3 is 2.54 bits per heavy atom. The number of non-ortho nitro benzene ring substituents is 1. The maximum atomic E-state index is 12.3. The zero-order chi connectivity index (χ0) is 20.3. The molecule has 2 aromatic rings. The Balaban J connectivity index is 1.90. The molecule has 0 radical (unpaired) electrons. The lowest BCUT2D eigenvalue weighted by Gasteiger charge is -2.15. The number of nitrogens with zero attached hydrogens (tertiary/aromatic N) is 3. The molecule has 8 nitrogen and oxygen atoms in total. The summed E-state index contributed by atoms with van der Waals surface area (Å²) in [6.07, 6.45) is 1.64. The Morgan fingerprint density at radius 2 is 1.93 bits per heavy atom. The number of carbonyl (C=O) groups is 1. The van der Waals surface area contributed by atoms with Crippen molar-refractivity contribution in [3.05, 3.63) is 63.0 Å². The van der Waals surface area contributed by atoms with Gasteiger partial charge in [0.1, 0.15) is 5.75 Å². The van der Waals surface area contributed by atoms with Gasteiger partial charge < -0.3 is 15.0 Å². The summed E-state index contributed by atoms with van der Waals surface area (Å²) in [6, 6.07) is 11.7. The quantitative estimate of drug-likeness (QED) is 0.470. The molecule has 0 spiro atoms. The van der Waals surface area contributed by atoms with E-state index in [2.05, 4.69) is 10.3 Å². The summed E-state index contributed by atoms with van der Waals surface area (Å²) in [7, 11) is 5.25. The molecule has 0 bridgehead atoms. The van der Waals surface area contributed by atoms with E-state index in [1.807, 2.05) is 19.0 Å². The lowest BCUT2D eigenvalue weighted by Crippen LogP contribution is -2.19. The summed E-state index contributed by atoms with van der Waals surface area (Å²) in [5, 5.41) is 14.3. The smallest absolute Gasteiger partial charge is 0.270 e. The van der Waals surface area contributed by atoms with Gasteiger partial charge in [-0.1, -0.05) is 0 Å². The van der Waals surface area contributed by atoms with E-state index in [0.717, 1.165) is 11.4 Å². The maximum absolute atomic E-state index is 12.3. The summed E-state index contributed by atoms with van der Waals surface area (Å²) >= 11 is 1.18. The fraction of sp³-hybridized carbons (Fsp3) is 0.158. The van der Waals surface area contributed by atoms with E-state index in [1.54, 1.807) is 43.5 Å². The number of amidine groups is 1. The van der Waals surface area contributed by atoms with E-state index in [4.69, 9.17) is 4.74 Å².